The average molecular weight is 289 g/mol. The number of para-hydroxylation sites is 1. The Hall–Kier alpha value is -1.71. The van der Waals surface area contributed by atoms with Crippen LogP contribution in [-0.2, 0) is 6.54 Å². The zero-order chi connectivity index (χ0) is 14.9. The van der Waals surface area contributed by atoms with E-state index in [2.05, 4.69) is 28.6 Å². The molecule has 0 heterocycles. The number of ether oxygens (including phenoxy) is 1. The first kappa shape index (κ1) is 15.7. The van der Waals surface area contributed by atoms with Crippen molar-refractivity contribution < 1.29 is 4.74 Å². The molecule has 116 valence electrons. The zero-order valence-corrected chi connectivity index (χ0v) is 13.2. The Morgan fingerprint density at radius 3 is 2.81 bits per heavy atom. The summed E-state index contributed by atoms with van der Waals surface area (Å²) in [6.07, 6.45) is 5.44. The first-order chi connectivity index (χ1) is 10.3. The zero-order valence-electron chi connectivity index (χ0n) is 13.2. The fourth-order valence-electron chi connectivity index (χ4n) is 2.34. The highest BCUT2D eigenvalue weighted by Gasteiger charge is 2.19. The topological polar surface area (TPSA) is 45.7 Å². The normalized spacial score (nSPS) is 14.9. The van der Waals surface area contributed by atoms with Gasteiger partial charge in [-0.05, 0) is 31.7 Å². The van der Waals surface area contributed by atoms with Crippen molar-refractivity contribution in [3.05, 3.63) is 29.8 Å². The first-order valence-corrected chi connectivity index (χ1v) is 7.97. The van der Waals surface area contributed by atoms with Crippen LogP contribution in [0.2, 0.25) is 0 Å². The van der Waals surface area contributed by atoms with E-state index in [-0.39, 0.29) is 0 Å². The highest BCUT2D eigenvalue weighted by molar-refractivity contribution is 5.79. The van der Waals surface area contributed by atoms with Gasteiger partial charge in [0, 0.05) is 18.7 Å². The number of hydrogen-bond donors (Lipinski definition) is 2. The molecular weight excluding hydrogens is 262 g/mol. The molecule has 1 aliphatic carbocycles. The van der Waals surface area contributed by atoms with Crippen molar-refractivity contribution in [2.24, 2.45) is 10.9 Å². The summed E-state index contributed by atoms with van der Waals surface area (Å²) in [4.78, 5) is 4.64. The number of benzene rings is 1. The fraction of sp³-hybridized carbons (Fsp3) is 0.588. The molecule has 0 aliphatic heterocycles. The van der Waals surface area contributed by atoms with Crippen molar-refractivity contribution in [1.82, 2.24) is 10.6 Å². The lowest BCUT2D eigenvalue weighted by Crippen LogP contribution is -2.37. The lowest BCUT2D eigenvalue weighted by molar-refractivity contribution is 0.410. The van der Waals surface area contributed by atoms with Crippen molar-refractivity contribution in [3.63, 3.8) is 0 Å². The minimum atomic E-state index is 0.627. The van der Waals surface area contributed by atoms with Crippen molar-refractivity contribution in [2.45, 2.75) is 39.2 Å². The van der Waals surface area contributed by atoms with Gasteiger partial charge in [0.15, 0.2) is 5.96 Å². The molecule has 1 aliphatic rings. The predicted molar refractivity (Wildman–Crippen MR) is 87.8 cm³/mol. The molecule has 1 aromatic rings. The van der Waals surface area contributed by atoms with Crippen molar-refractivity contribution >= 4 is 5.96 Å². The Labute approximate surface area is 128 Å². The molecule has 0 spiro atoms. The summed E-state index contributed by atoms with van der Waals surface area (Å²) < 4.78 is 5.36. The molecule has 2 N–H and O–H groups in total. The lowest BCUT2D eigenvalue weighted by atomic mass is 10.2. The minimum Gasteiger partial charge on any atom is -0.496 e. The molecule has 0 saturated heterocycles. The monoisotopic (exact) mass is 289 g/mol. The van der Waals surface area contributed by atoms with Gasteiger partial charge in [0.2, 0.25) is 0 Å². The summed E-state index contributed by atoms with van der Waals surface area (Å²) in [5.41, 5.74) is 1.11. The van der Waals surface area contributed by atoms with Crippen LogP contribution in [0, 0.1) is 5.92 Å². The first-order valence-electron chi connectivity index (χ1n) is 7.97. The van der Waals surface area contributed by atoms with E-state index in [1.807, 2.05) is 18.2 Å². The number of methoxy groups -OCH3 is 1. The Kier molecular flexibility index (Phi) is 6.38. The number of hydrogen-bond acceptors (Lipinski definition) is 2. The van der Waals surface area contributed by atoms with Gasteiger partial charge in [-0.3, -0.25) is 0 Å². The quantitative estimate of drug-likeness (QED) is 0.439. The van der Waals surface area contributed by atoms with E-state index in [9.17, 15) is 0 Å². The van der Waals surface area contributed by atoms with Crippen molar-refractivity contribution in [3.8, 4) is 5.75 Å². The summed E-state index contributed by atoms with van der Waals surface area (Å²) in [6.45, 7) is 4.58. The van der Waals surface area contributed by atoms with Crippen LogP contribution in [0.1, 0.15) is 38.2 Å². The third kappa shape index (κ3) is 5.66. The molecular formula is C17H27N3O. The van der Waals surface area contributed by atoms with Gasteiger partial charge in [-0.2, -0.15) is 0 Å². The Balaban J connectivity index is 1.83. The van der Waals surface area contributed by atoms with Gasteiger partial charge >= 0.3 is 0 Å². The molecule has 1 fully saturated rings. The van der Waals surface area contributed by atoms with Crippen LogP contribution in [0.5, 0.6) is 5.75 Å². The SMILES string of the molecule is CCNC(=NCc1ccccc1OC)NCCCC1CC1. The number of nitrogens with zero attached hydrogens (tertiary/aromatic N) is 1. The maximum Gasteiger partial charge on any atom is 0.191 e. The molecule has 0 atom stereocenters. The number of aliphatic imine (C=N–C) groups is 1. The van der Waals surface area contributed by atoms with E-state index in [4.69, 9.17) is 4.74 Å². The third-order valence-corrected chi connectivity index (χ3v) is 3.72. The van der Waals surface area contributed by atoms with Crippen molar-refractivity contribution in [1.29, 1.82) is 0 Å². The molecule has 4 nitrogen and oxygen atoms in total. The van der Waals surface area contributed by atoms with E-state index >= 15 is 0 Å². The molecule has 0 radical (unpaired) electrons. The van der Waals surface area contributed by atoms with Gasteiger partial charge in [-0.1, -0.05) is 31.0 Å². The van der Waals surface area contributed by atoms with Crippen LogP contribution >= 0.6 is 0 Å². The average Bonchev–Trinajstić information content (AvgIpc) is 3.33. The lowest BCUT2D eigenvalue weighted by Gasteiger charge is -2.12. The van der Waals surface area contributed by atoms with Gasteiger partial charge in [0.25, 0.3) is 0 Å². The van der Waals surface area contributed by atoms with E-state index in [0.717, 1.165) is 36.3 Å². The molecule has 0 unspecified atom stereocenters. The largest absolute Gasteiger partial charge is 0.496 e. The van der Waals surface area contributed by atoms with Crippen LogP contribution in [0.3, 0.4) is 0 Å². The van der Waals surface area contributed by atoms with Gasteiger partial charge in [0.05, 0.1) is 13.7 Å². The summed E-state index contributed by atoms with van der Waals surface area (Å²) in [7, 11) is 1.70. The van der Waals surface area contributed by atoms with Crippen LogP contribution in [0.25, 0.3) is 0 Å². The number of guanidine groups is 1. The molecule has 1 saturated carbocycles. The summed E-state index contributed by atoms with van der Waals surface area (Å²) in [6, 6.07) is 8.02. The molecule has 2 rings (SSSR count). The third-order valence-electron chi connectivity index (χ3n) is 3.72. The second-order valence-corrected chi connectivity index (χ2v) is 5.52. The van der Waals surface area contributed by atoms with Gasteiger partial charge in [-0.25, -0.2) is 4.99 Å². The molecule has 0 aromatic heterocycles. The van der Waals surface area contributed by atoms with Gasteiger partial charge in [0.1, 0.15) is 5.75 Å². The van der Waals surface area contributed by atoms with E-state index < -0.39 is 0 Å². The van der Waals surface area contributed by atoms with Crippen LogP contribution in [-0.4, -0.2) is 26.2 Å². The van der Waals surface area contributed by atoms with E-state index in [0.29, 0.717) is 6.54 Å². The predicted octanol–water partition coefficient (Wildman–Crippen LogP) is 2.94. The van der Waals surface area contributed by atoms with E-state index in [1.54, 1.807) is 7.11 Å². The molecule has 0 amide bonds. The Morgan fingerprint density at radius 2 is 2.10 bits per heavy atom. The minimum absolute atomic E-state index is 0.627. The smallest absolute Gasteiger partial charge is 0.191 e. The molecule has 4 heteroatoms. The highest BCUT2D eigenvalue weighted by atomic mass is 16.5. The summed E-state index contributed by atoms with van der Waals surface area (Å²) in [5, 5.41) is 6.70. The van der Waals surface area contributed by atoms with Gasteiger partial charge < -0.3 is 15.4 Å². The fourth-order valence-corrected chi connectivity index (χ4v) is 2.34. The maximum absolute atomic E-state index is 5.36. The maximum atomic E-state index is 5.36. The highest BCUT2D eigenvalue weighted by Crippen LogP contribution is 2.33. The van der Waals surface area contributed by atoms with Crippen LogP contribution in [0.4, 0.5) is 0 Å². The van der Waals surface area contributed by atoms with Crippen LogP contribution in [0.15, 0.2) is 29.3 Å². The number of rotatable bonds is 8. The molecule has 21 heavy (non-hydrogen) atoms. The Bertz CT molecular complexity index is 455. The summed E-state index contributed by atoms with van der Waals surface area (Å²) >= 11 is 0. The standard InChI is InChI=1S/C17H27N3O/c1-3-18-17(19-12-6-7-14-10-11-14)20-13-15-8-4-5-9-16(15)21-2/h4-5,8-9,14H,3,6-7,10-13H2,1-2H3,(H2,18,19,20). The van der Waals surface area contributed by atoms with E-state index in [1.165, 1.54) is 25.7 Å². The van der Waals surface area contributed by atoms with Crippen LogP contribution < -0.4 is 15.4 Å². The van der Waals surface area contributed by atoms with Gasteiger partial charge in [-0.15, -0.1) is 0 Å². The molecule has 1 aromatic carbocycles. The molecule has 0 bridgehead atoms. The summed E-state index contributed by atoms with van der Waals surface area (Å²) in [5.74, 6) is 2.78. The Morgan fingerprint density at radius 1 is 1.29 bits per heavy atom. The second-order valence-electron chi connectivity index (χ2n) is 5.52. The number of nitrogens with one attached hydrogen (secondary N) is 2. The second kappa shape index (κ2) is 8.55. The van der Waals surface area contributed by atoms with Crippen molar-refractivity contribution in [2.75, 3.05) is 20.2 Å².